The Bertz CT molecular complexity index is 286. The lowest BCUT2D eigenvalue weighted by atomic mass is 10.0. The number of carbonyl (C=O) groups excluding carboxylic acids is 1. The number of amides is 1. The van der Waals surface area contributed by atoms with Crippen LogP contribution in [0.4, 0.5) is 4.79 Å². The van der Waals surface area contributed by atoms with Crippen molar-refractivity contribution in [2.75, 3.05) is 19.7 Å². The summed E-state index contributed by atoms with van der Waals surface area (Å²) in [5.74, 6) is 0.0486. The minimum Gasteiger partial charge on any atom is -0.444 e. The second kappa shape index (κ2) is 3.89. The largest absolute Gasteiger partial charge is 0.444 e. The topological polar surface area (TPSA) is 59.0 Å². The van der Waals surface area contributed by atoms with E-state index in [-0.39, 0.29) is 18.1 Å². The van der Waals surface area contributed by atoms with Gasteiger partial charge in [-0.2, -0.15) is 0 Å². The summed E-state index contributed by atoms with van der Waals surface area (Å²) < 4.78 is 10.7. The van der Waals surface area contributed by atoms with Gasteiger partial charge < -0.3 is 19.5 Å². The number of nitrogens with zero attached hydrogens (tertiary/aromatic N) is 1. The maximum atomic E-state index is 11.8. The van der Waals surface area contributed by atoms with Gasteiger partial charge in [-0.3, -0.25) is 0 Å². The highest BCUT2D eigenvalue weighted by Gasteiger charge is 2.45. The van der Waals surface area contributed by atoms with E-state index in [0.29, 0.717) is 19.7 Å². The monoisotopic (exact) mass is 229 g/mol. The van der Waals surface area contributed by atoms with Gasteiger partial charge in [0.1, 0.15) is 5.60 Å². The highest BCUT2D eigenvalue weighted by atomic mass is 16.6. The summed E-state index contributed by atoms with van der Waals surface area (Å²) in [4.78, 5) is 13.4. The van der Waals surface area contributed by atoms with Crippen molar-refractivity contribution in [3.05, 3.63) is 0 Å². The Labute approximate surface area is 95.3 Å². The Morgan fingerprint density at radius 2 is 2.12 bits per heavy atom. The molecule has 5 heteroatoms. The Balaban J connectivity index is 1.92. The molecule has 0 bridgehead atoms. The molecule has 1 amide bonds. The molecule has 2 heterocycles. The molecule has 0 aromatic rings. The Morgan fingerprint density at radius 3 is 2.69 bits per heavy atom. The molecule has 2 saturated heterocycles. The van der Waals surface area contributed by atoms with Crippen molar-refractivity contribution in [3.63, 3.8) is 0 Å². The lowest BCUT2D eigenvalue weighted by molar-refractivity contribution is 0.0192. The van der Waals surface area contributed by atoms with Crippen molar-refractivity contribution in [2.45, 2.75) is 38.6 Å². The number of aliphatic hydroxyl groups is 1. The van der Waals surface area contributed by atoms with Gasteiger partial charge in [-0.05, 0) is 20.8 Å². The molecular formula is C11H19NO4. The summed E-state index contributed by atoms with van der Waals surface area (Å²) in [6, 6.07) is 0. The molecule has 0 spiro atoms. The fourth-order valence-electron chi connectivity index (χ4n) is 2.17. The average Bonchev–Trinajstić information content (AvgIpc) is 2.65. The zero-order chi connectivity index (χ0) is 11.9. The maximum absolute atomic E-state index is 11.8. The van der Waals surface area contributed by atoms with Gasteiger partial charge >= 0.3 is 6.09 Å². The van der Waals surface area contributed by atoms with Crippen molar-refractivity contribution in [1.82, 2.24) is 4.90 Å². The van der Waals surface area contributed by atoms with Gasteiger partial charge in [0, 0.05) is 12.5 Å². The fraction of sp³-hybridized carbons (Fsp3) is 0.909. The average molecular weight is 229 g/mol. The molecule has 5 nitrogen and oxygen atoms in total. The molecule has 16 heavy (non-hydrogen) atoms. The van der Waals surface area contributed by atoms with Crippen LogP contribution in [0, 0.1) is 5.92 Å². The first-order chi connectivity index (χ1) is 7.37. The van der Waals surface area contributed by atoms with Crippen molar-refractivity contribution < 1.29 is 19.4 Å². The van der Waals surface area contributed by atoms with Gasteiger partial charge in [0.25, 0.3) is 0 Å². The number of hydrogen-bond acceptors (Lipinski definition) is 4. The number of hydrogen-bond donors (Lipinski definition) is 1. The first kappa shape index (κ1) is 11.7. The number of carbonyl (C=O) groups is 1. The Morgan fingerprint density at radius 1 is 1.44 bits per heavy atom. The van der Waals surface area contributed by atoms with E-state index in [1.165, 1.54) is 0 Å². The predicted molar refractivity (Wildman–Crippen MR) is 57.0 cm³/mol. The molecular weight excluding hydrogens is 210 g/mol. The third kappa shape index (κ3) is 2.30. The fourth-order valence-corrected chi connectivity index (χ4v) is 2.17. The summed E-state index contributed by atoms with van der Waals surface area (Å²) in [6.07, 6.45) is -0.794. The standard InChI is InChI=1S/C11H19NO4/c1-11(2,3)16-10(14)12-4-7-8(13)6-15-9(7)5-12/h7-9,13H,4-6H2,1-3H3/t7-,8?,9-/m1/s1. The molecule has 0 aromatic carbocycles. The quantitative estimate of drug-likeness (QED) is 0.661. The molecule has 1 N–H and O–H groups in total. The van der Waals surface area contributed by atoms with E-state index in [1.54, 1.807) is 4.90 Å². The van der Waals surface area contributed by atoms with Crippen molar-refractivity contribution in [1.29, 1.82) is 0 Å². The zero-order valence-electron chi connectivity index (χ0n) is 9.97. The van der Waals surface area contributed by atoms with E-state index < -0.39 is 11.7 Å². The first-order valence-electron chi connectivity index (χ1n) is 5.64. The molecule has 0 saturated carbocycles. The first-order valence-corrected chi connectivity index (χ1v) is 5.64. The lowest BCUT2D eigenvalue weighted by Crippen LogP contribution is -2.37. The number of fused-ring (bicyclic) bond motifs is 1. The molecule has 2 fully saturated rings. The summed E-state index contributed by atoms with van der Waals surface area (Å²) in [5, 5.41) is 9.63. The predicted octanol–water partition coefficient (Wildman–Crippen LogP) is 0.613. The number of likely N-dealkylation sites (tertiary alicyclic amines) is 1. The molecule has 0 aliphatic carbocycles. The van der Waals surface area contributed by atoms with Crippen LogP contribution in [0.2, 0.25) is 0 Å². The van der Waals surface area contributed by atoms with E-state index in [4.69, 9.17) is 9.47 Å². The summed E-state index contributed by atoms with van der Waals surface area (Å²) in [7, 11) is 0. The molecule has 0 aromatic heterocycles. The summed E-state index contributed by atoms with van der Waals surface area (Å²) in [6.45, 7) is 6.96. The van der Waals surface area contributed by atoms with Crippen LogP contribution in [0.15, 0.2) is 0 Å². The van der Waals surface area contributed by atoms with E-state index in [0.717, 1.165) is 0 Å². The maximum Gasteiger partial charge on any atom is 0.410 e. The molecule has 92 valence electrons. The van der Waals surface area contributed by atoms with Crippen LogP contribution in [-0.4, -0.2) is 53.6 Å². The summed E-state index contributed by atoms with van der Waals surface area (Å²) in [5.41, 5.74) is -0.478. The Kier molecular flexibility index (Phi) is 2.84. The van der Waals surface area contributed by atoms with Gasteiger partial charge in [0.2, 0.25) is 0 Å². The summed E-state index contributed by atoms with van der Waals surface area (Å²) >= 11 is 0. The van der Waals surface area contributed by atoms with Crippen LogP contribution in [0.5, 0.6) is 0 Å². The van der Waals surface area contributed by atoms with Crippen molar-refractivity contribution >= 4 is 6.09 Å². The van der Waals surface area contributed by atoms with Crippen LogP contribution < -0.4 is 0 Å². The van der Waals surface area contributed by atoms with E-state index in [2.05, 4.69) is 0 Å². The molecule has 2 aliphatic rings. The number of ether oxygens (including phenoxy) is 2. The molecule has 2 aliphatic heterocycles. The van der Waals surface area contributed by atoms with Crippen molar-refractivity contribution in [2.24, 2.45) is 5.92 Å². The second-order valence-electron chi connectivity index (χ2n) is 5.49. The van der Waals surface area contributed by atoms with E-state index in [1.807, 2.05) is 20.8 Å². The SMILES string of the molecule is CC(C)(C)OC(=O)N1C[C@@H]2C(O)CO[C@@H]2C1. The van der Waals surface area contributed by atoms with E-state index in [9.17, 15) is 9.90 Å². The van der Waals surface area contributed by atoms with Crippen molar-refractivity contribution in [3.8, 4) is 0 Å². The van der Waals surface area contributed by atoms with Gasteiger partial charge in [-0.15, -0.1) is 0 Å². The number of aliphatic hydroxyl groups excluding tert-OH is 1. The van der Waals surface area contributed by atoms with Gasteiger partial charge in [-0.1, -0.05) is 0 Å². The van der Waals surface area contributed by atoms with E-state index >= 15 is 0 Å². The van der Waals surface area contributed by atoms with Crippen LogP contribution >= 0.6 is 0 Å². The van der Waals surface area contributed by atoms with Crippen LogP contribution in [0.1, 0.15) is 20.8 Å². The minimum atomic E-state index is -0.478. The third-order valence-electron chi connectivity index (χ3n) is 2.94. The normalized spacial score (nSPS) is 34.0. The van der Waals surface area contributed by atoms with Gasteiger partial charge in [0.15, 0.2) is 0 Å². The molecule has 1 unspecified atom stereocenters. The number of rotatable bonds is 0. The van der Waals surface area contributed by atoms with Gasteiger partial charge in [-0.25, -0.2) is 4.79 Å². The molecule has 0 radical (unpaired) electrons. The zero-order valence-corrected chi connectivity index (χ0v) is 9.97. The highest BCUT2D eigenvalue weighted by Crippen LogP contribution is 2.30. The highest BCUT2D eigenvalue weighted by molar-refractivity contribution is 5.68. The molecule has 2 rings (SSSR count). The molecule has 3 atom stereocenters. The lowest BCUT2D eigenvalue weighted by Gasteiger charge is -2.25. The smallest absolute Gasteiger partial charge is 0.410 e. The van der Waals surface area contributed by atoms with Crippen LogP contribution in [-0.2, 0) is 9.47 Å². The Hall–Kier alpha value is -0.810. The van der Waals surface area contributed by atoms with Gasteiger partial charge in [0.05, 0.1) is 25.4 Å². The third-order valence-corrected chi connectivity index (χ3v) is 2.94. The minimum absolute atomic E-state index is 0.0254. The van der Waals surface area contributed by atoms with Crippen LogP contribution in [0.3, 0.4) is 0 Å². The second-order valence-corrected chi connectivity index (χ2v) is 5.49. The van der Waals surface area contributed by atoms with Crippen LogP contribution in [0.25, 0.3) is 0 Å².